The predicted octanol–water partition coefficient (Wildman–Crippen LogP) is -0.840. The number of carbonyl (C=O) groups is 2. The molecule has 4 N–H and O–H groups in total. The fourth-order valence-corrected chi connectivity index (χ4v) is 1.81. The van der Waals surface area contributed by atoms with Gasteiger partial charge in [-0.05, 0) is 6.42 Å². The minimum Gasteiger partial charge on any atom is -0.480 e. The van der Waals surface area contributed by atoms with Crippen molar-refractivity contribution in [3.05, 3.63) is 0 Å². The first kappa shape index (κ1) is 12.9. The van der Waals surface area contributed by atoms with Crippen LogP contribution in [0, 0.1) is 0 Å². The van der Waals surface area contributed by atoms with E-state index in [1.54, 1.807) is 0 Å². The molecule has 0 spiro atoms. The number of nitrogens with two attached hydrogens (primary N) is 1. The molecule has 1 amide bonds. The monoisotopic (exact) mass is 230 g/mol. The molecule has 92 valence electrons. The Morgan fingerprint density at radius 1 is 1.56 bits per heavy atom. The lowest BCUT2D eigenvalue weighted by molar-refractivity contribution is -0.148. The van der Waals surface area contributed by atoms with Crippen LogP contribution in [0.5, 0.6) is 0 Å². The summed E-state index contributed by atoms with van der Waals surface area (Å²) in [5, 5.41) is 18.3. The maximum atomic E-state index is 11.7. The molecule has 0 aliphatic carbocycles. The lowest BCUT2D eigenvalue weighted by Gasteiger charge is -2.22. The van der Waals surface area contributed by atoms with Crippen molar-refractivity contribution in [1.29, 1.82) is 0 Å². The van der Waals surface area contributed by atoms with Crippen LogP contribution in [0.2, 0.25) is 0 Å². The maximum Gasteiger partial charge on any atom is 0.326 e. The minimum atomic E-state index is -1.07. The number of nitrogens with zero attached hydrogens (tertiary/aromatic N) is 1. The van der Waals surface area contributed by atoms with Gasteiger partial charge in [0.2, 0.25) is 5.91 Å². The standard InChI is InChI=1S/C10H18N2O4/c1-2-6(11)3-9(14)12-5-7(13)4-8(12)10(15)16/h6-8,13H,2-5,11H2,1H3,(H,15,16)/t6?,7-,8-/m1/s1. The zero-order chi connectivity index (χ0) is 12.3. The van der Waals surface area contributed by atoms with Crippen LogP contribution in [-0.2, 0) is 9.59 Å². The van der Waals surface area contributed by atoms with Crippen LogP contribution < -0.4 is 5.73 Å². The molecule has 1 aliphatic heterocycles. The summed E-state index contributed by atoms with van der Waals surface area (Å²) in [7, 11) is 0. The van der Waals surface area contributed by atoms with Crippen molar-refractivity contribution in [2.24, 2.45) is 5.73 Å². The molecule has 0 saturated carbocycles. The molecule has 1 unspecified atom stereocenters. The quantitative estimate of drug-likeness (QED) is 0.584. The first-order valence-electron chi connectivity index (χ1n) is 5.41. The van der Waals surface area contributed by atoms with Crippen molar-refractivity contribution in [2.45, 2.75) is 44.4 Å². The third kappa shape index (κ3) is 2.93. The second kappa shape index (κ2) is 5.27. The van der Waals surface area contributed by atoms with Gasteiger partial charge < -0.3 is 20.8 Å². The molecule has 3 atom stereocenters. The summed E-state index contributed by atoms with van der Waals surface area (Å²) in [6, 6.07) is -1.16. The molecule has 0 aromatic carbocycles. The van der Waals surface area contributed by atoms with Gasteiger partial charge in [0.05, 0.1) is 6.10 Å². The van der Waals surface area contributed by atoms with Crippen molar-refractivity contribution in [1.82, 2.24) is 4.90 Å². The Hall–Kier alpha value is -1.14. The highest BCUT2D eigenvalue weighted by Gasteiger charge is 2.38. The van der Waals surface area contributed by atoms with Crippen molar-refractivity contribution in [2.75, 3.05) is 6.54 Å². The van der Waals surface area contributed by atoms with Crippen molar-refractivity contribution in [3.8, 4) is 0 Å². The first-order chi connectivity index (χ1) is 7.45. The van der Waals surface area contributed by atoms with E-state index in [4.69, 9.17) is 10.8 Å². The van der Waals surface area contributed by atoms with Crippen molar-refractivity contribution in [3.63, 3.8) is 0 Å². The van der Waals surface area contributed by atoms with E-state index >= 15 is 0 Å². The molecule has 0 aromatic heterocycles. The molecule has 0 bridgehead atoms. The number of hydrogen-bond acceptors (Lipinski definition) is 4. The Bertz CT molecular complexity index is 282. The Morgan fingerprint density at radius 3 is 2.69 bits per heavy atom. The second-order valence-corrected chi connectivity index (χ2v) is 4.16. The summed E-state index contributed by atoms with van der Waals surface area (Å²) in [6.07, 6.45) is 0.151. The largest absolute Gasteiger partial charge is 0.480 e. The number of β-amino-alcohol motifs (C(OH)–C–C–N with tert-alkyl or cyclic N) is 1. The molecule has 0 aromatic rings. The van der Waals surface area contributed by atoms with E-state index in [0.29, 0.717) is 6.42 Å². The van der Waals surface area contributed by atoms with E-state index < -0.39 is 18.1 Å². The van der Waals surface area contributed by atoms with Gasteiger partial charge in [0.15, 0.2) is 0 Å². The lowest BCUT2D eigenvalue weighted by atomic mass is 10.1. The van der Waals surface area contributed by atoms with Crippen LogP contribution >= 0.6 is 0 Å². The second-order valence-electron chi connectivity index (χ2n) is 4.16. The van der Waals surface area contributed by atoms with Crippen LogP contribution in [-0.4, -0.2) is 51.7 Å². The maximum absolute atomic E-state index is 11.7. The summed E-state index contributed by atoms with van der Waals surface area (Å²) in [6.45, 7) is 1.96. The smallest absolute Gasteiger partial charge is 0.326 e. The van der Waals surface area contributed by atoms with Gasteiger partial charge in [0.25, 0.3) is 0 Å². The minimum absolute atomic E-state index is 0.0895. The SMILES string of the molecule is CCC(N)CC(=O)N1C[C@H](O)C[C@@H]1C(=O)O. The van der Waals surface area contributed by atoms with Crippen molar-refractivity contribution < 1.29 is 19.8 Å². The highest BCUT2D eigenvalue weighted by atomic mass is 16.4. The molecule has 1 heterocycles. The number of carbonyl (C=O) groups excluding carboxylic acids is 1. The summed E-state index contributed by atoms with van der Waals surface area (Å²) >= 11 is 0. The molecular weight excluding hydrogens is 212 g/mol. The fraction of sp³-hybridized carbons (Fsp3) is 0.800. The van der Waals surface area contributed by atoms with E-state index in [-0.39, 0.29) is 31.3 Å². The molecule has 1 rings (SSSR count). The van der Waals surface area contributed by atoms with Crippen LogP contribution in [0.3, 0.4) is 0 Å². The number of aliphatic hydroxyl groups excluding tert-OH is 1. The molecule has 16 heavy (non-hydrogen) atoms. The summed E-state index contributed by atoms with van der Waals surface area (Å²) in [4.78, 5) is 23.8. The van der Waals surface area contributed by atoms with Gasteiger partial charge in [0, 0.05) is 25.4 Å². The van der Waals surface area contributed by atoms with Crippen LogP contribution in [0.1, 0.15) is 26.2 Å². The van der Waals surface area contributed by atoms with Crippen LogP contribution in [0.25, 0.3) is 0 Å². The van der Waals surface area contributed by atoms with Gasteiger partial charge in [-0.25, -0.2) is 4.79 Å². The molecule has 6 nitrogen and oxygen atoms in total. The Morgan fingerprint density at radius 2 is 2.19 bits per heavy atom. The number of carboxylic acid groups (broad SMARTS) is 1. The van der Waals surface area contributed by atoms with Gasteiger partial charge >= 0.3 is 5.97 Å². The lowest BCUT2D eigenvalue weighted by Crippen LogP contribution is -2.42. The Balaban J connectivity index is 2.63. The highest BCUT2D eigenvalue weighted by molar-refractivity contribution is 5.84. The number of rotatable bonds is 4. The Kier molecular flexibility index (Phi) is 4.26. The fourth-order valence-electron chi connectivity index (χ4n) is 1.81. The molecular formula is C10H18N2O4. The molecule has 1 fully saturated rings. The van der Waals surface area contributed by atoms with E-state index in [1.165, 1.54) is 4.90 Å². The highest BCUT2D eigenvalue weighted by Crippen LogP contribution is 2.19. The summed E-state index contributed by atoms with van der Waals surface area (Å²) in [5.41, 5.74) is 5.64. The molecule has 6 heteroatoms. The van der Waals surface area contributed by atoms with Gasteiger partial charge in [-0.15, -0.1) is 0 Å². The summed E-state index contributed by atoms with van der Waals surface area (Å²) < 4.78 is 0. The third-order valence-electron chi connectivity index (χ3n) is 2.85. The zero-order valence-corrected chi connectivity index (χ0v) is 9.30. The number of carboxylic acids is 1. The van der Waals surface area contributed by atoms with Gasteiger partial charge in [-0.2, -0.15) is 0 Å². The first-order valence-corrected chi connectivity index (χ1v) is 5.41. The van der Waals surface area contributed by atoms with Gasteiger partial charge in [-0.1, -0.05) is 6.92 Å². The van der Waals surface area contributed by atoms with E-state index in [2.05, 4.69) is 0 Å². The van der Waals surface area contributed by atoms with Crippen LogP contribution in [0.15, 0.2) is 0 Å². The third-order valence-corrected chi connectivity index (χ3v) is 2.85. The Labute approximate surface area is 94.0 Å². The number of likely N-dealkylation sites (tertiary alicyclic amines) is 1. The van der Waals surface area contributed by atoms with E-state index in [9.17, 15) is 14.7 Å². The average molecular weight is 230 g/mol. The normalized spacial score (nSPS) is 26.8. The van der Waals surface area contributed by atoms with E-state index in [0.717, 1.165) is 0 Å². The molecule has 1 saturated heterocycles. The molecule has 1 aliphatic rings. The summed E-state index contributed by atoms with van der Waals surface area (Å²) in [5.74, 6) is -1.37. The van der Waals surface area contributed by atoms with Crippen LogP contribution in [0.4, 0.5) is 0 Å². The number of aliphatic carboxylic acids is 1. The molecule has 0 radical (unpaired) electrons. The van der Waals surface area contributed by atoms with E-state index in [1.807, 2.05) is 6.92 Å². The predicted molar refractivity (Wildman–Crippen MR) is 56.6 cm³/mol. The average Bonchev–Trinajstić information content (AvgIpc) is 2.60. The zero-order valence-electron chi connectivity index (χ0n) is 9.30. The van der Waals surface area contributed by atoms with Gasteiger partial charge in [-0.3, -0.25) is 4.79 Å². The number of aliphatic hydroxyl groups is 1. The van der Waals surface area contributed by atoms with Crippen molar-refractivity contribution >= 4 is 11.9 Å². The van der Waals surface area contributed by atoms with Gasteiger partial charge in [0.1, 0.15) is 6.04 Å². The number of amides is 1. The topological polar surface area (TPSA) is 104 Å². The number of hydrogen-bond donors (Lipinski definition) is 3.